The van der Waals surface area contributed by atoms with Crippen LogP contribution in [0, 0.1) is 0 Å². The lowest BCUT2D eigenvalue weighted by atomic mass is 10.0. The molecule has 1 heterocycles. The van der Waals surface area contributed by atoms with Gasteiger partial charge in [0.05, 0.1) is 6.54 Å². The quantitative estimate of drug-likeness (QED) is 0.639. The van der Waals surface area contributed by atoms with Crippen molar-refractivity contribution in [3.63, 3.8) is 0 Å². The number of aliphatic imine (C=N–C) groups is 1. The Hall–Kier alpha value is -2.51. The Morgan fingerprint density at radius 3 is 2.32 bits per heavy atom. The highest BCUT2D eigenvalue weighted by molar-refractivity contribution is 5.93. The van der Waals surface area contributed by atoms with Crippen molar-refractivity contribution in [3.8, 4) is 0 Å². The zero-order valence-corrected chi connectivity index (χ0v) is 14.5. The monoisotopic (exact) mass is 353 g/mol. The zero-order chi connectivity index (χ0) is 18.6. The molecule has 0 bridgehead atoms. The second-order valence-corrected chi connectivity index (χ2v) is 5.66. The minimum atomic E-state index is -4.52. The predicted molar refractivity (Wildman–Crippen MR) is 92.4 cm³/mol. The van der Waals surface area contributed by atoms with E-state index in [0.717, 1.165) is 34.3 Å². The first-order valence-electron chi connectivity index (χ1n) is 8.03. The molecule has 1 aromatic heterocycles. The number of halogens is 3. The Morgan fingerprint density at radius 2 is 1.80 bits per heavy atom. The summed E-state index contributed by atoms with van der Waals surface area (Å²) in [7, 11) is 1.44. The van der Waals surface area contributed by atoms with Crippen LogP contribution in [0.1, 0.15) is 36.2 Å². The van der Waals surface area contributed by atoms with Gasteiger partial charge in [0.15, 0.2) is 11.7 Å². The van der Waals surface area contributed by atoms with Crippen molar-refractivity contribution < 1.29 is 13.2 Å². The van der Waals surface area contributed by atoms with Gasteiger partial charge < -0.3 is 11.1 Å². The maximum atomic E-state index is 13.0. The third-order valence-electron chi connectivity index (χ3n) is 3.84. The van der Waals surface area contributed by atoms with E-state index in [1.54, 1.807) is 0 Å². The normalized spacial score (nSPS) is 12.5. The molecule has 0 spiro atoms. The van der Waals surface area contributed by atoms with E-state index >= 15 is 0 Å². The van der Waals surface area contributed by atoms with Crippen LogP contribution in [-0.2, 0) is 32.6 Å². The van der Waals surface area contributed by atoms with E-state index in [1.165, 1.54) is 13.2 Å². The highest BCUT2D eigenvalue weighted by Gasteiger charge is 2.36. The fraction of sp³-hybridized carbons (Fsp3) is 0.412. The molecule has 3 N–H and O–H groups in total. The molecule has 0 saturated carbocycles. The first-order chi connectivity index (χ1) is 11.8. The summed E-state index contributed by atoms with van der Waals surface area (Å²) in [5.41, 5.74) is 7.98. The van der Waals surface area contributed by atoms with Gasteiger partial charge in [-0.1, -0.05) is 32.0 Å². The summed E-state index contributed by atoms with van der Waals surface area (Å²) < 4.78 is 40.0. The van der Waals surface area contributed by atoms with Crippen LogP contribution in [0.15, 0.2) is 29.4 Å². The Labute approximate surface area is 144 Å². The van der Waals surface area contributed by atoms with E-state index in [1.807, 2.05) is 32.0 Å². The van der Waals surface area contributed by atoms with Crippen LogP contribution in [0.5, 0.6) is 0 Å². The second-order valence-electron chi connectivity index (χ2n) is 5.66. The molecule has 5 nitrogen and oxygen atoms in total. The summed E-state index contributed by atoms with van der Waals surface area (Å²) in [6.45, 7) is 3.86. The van der Waals surface area contributed by atoms with Crippen LogP contribution in [-0.4, -0.2) is 15.7 Å². The van der Waals surface area contributed by atoms with Gasteiger partial charge in [0.25, 0.3) is 0 Å². The van der Waals surface area contributed by atoms with Gasteiger partial charge in [0.1, 0.15) is 0 Å². The van der Waals surface area contributed by atoms with Gasteiger partial charge in [-0.05, 0) is 24.0 Å². The molecule has 2 rings (SSSR count). The molecular formula is C17H22F3N5. The fourth-order valence-corrected chi connectivity index (χ4v) is 2.63. The summed E-state index contributed by atoms with van der Waals surface area (Å²) in [5.74, 6) is 0.0765. The lowest BCUT2D eigenvalue weighted by Crippen LogP contribution is -2.24. The van der Waals surface area contributed by atoms with Crippen molar-refractivity contribution >= 4 is 11.6 Å². The molecule has 0 radical (unpaired) electrons. The molecule has 136 valence electrons. The molecule has 0 aliphatic heterocycles. The Morgan fingerprint density at radius 1 is 1.20 bits per heavy atom. The number of nitrogens with two attached hydrogens (primary N) is 1. The number of nitrogens with one attached hydrogen (secondary N) is 1. The molecule has 0 aliphatic carbocycles. The van der Waals surface area contributed by atoms with Gasteiger partial charge in [-0.15, -0.1) is 0 Å². The SMILES string of the molecule is CCc1cccc(CC)c1NC(N)=NCc1cn(C)nc1C(F)(F)F. The van der Waals surface area contributed by atoms with Gasteiger partial charge in [-0.25, -0.2) is 4.99 Å². The van der Waals surface area contributed by atoms with Crippen molar-refractivity contribution in [1.82, 2.24) is 9.78 Å². The molecule has 8 heteroatoms. The Kier molecular flexibility index (Phi) is 5.71. The number of para-hydroxylation sites is 1. The van der Waals surface area contributed by atoms with E-state index in [2.05, 4.69) is 15.4 Å². The number of nitrogens with zero attached hydrogens (tertiary/aromatic N) is 3. The molecule has 2 aromatic rings. The van der Waals surface area contributed by atoms with Gasteiger partial charge in [0, 0.05) is 24.5 Å². The Bertz CT molecular complexity index is 740. The minimum Gasteiger partial charge on any atom is -0.370 e. The van der Waals surface area contributed by atoms with Gasteiger partial charge in [-0.3, -0.25) is 4.68 Å². The maximum Gasteiger partial charge on any atom is 0.435 e. The first kappa shape index (κ1) is 18.8. The minimum absolute atomic E-state index is 0.0146. The molecule has 25 heavy (non-hydrogen) atoms. The first-order valence-corrected chi connectivity index (χ1v) is 8.03. The number of aryl methyl sites for hydroxylation is 3. The molecule has 0 atom stereocenters. The maximum absolute atomic E-state index is 13.0. The van der Waals surface area contributed by atoms with Crippen LogP contribution < -0.4 is 11.1 Å². The number of aromatic nitrogens is 2. The highest BCUT2D eigenvalue weighted by Crippen LogP contribution is 2.31. The van der Waals surface area contributed by atoms with Gasteiger partial charge >= 0.3 is 6.18 Å². The smallest absolute Gasteiger partial charge is 0.370 e. The molecule has 0 aliphatic rings. The van der Waals surface area contributed by atoms with Crippen LogP contribution in [0.2, 0.25) is 0 Å². The molecular weight excluding hydrogens is 331 g/mol. The highest BCUT2D eigenvalue weighted by atomic mass is 19.4. The Balaban J connectivity index is 2.22. The molecule has 0 saturated heterocycles. The molecule has 0 fully saturated rings. The van der Waals surface area contributed by atoms with E-state index in [4.69, 9.17) is 5.73 Å². The average Bonchev–Trinajstić information content (AvgIpc) is 2.94. The molecule has 1 aromatic carbocycles. The van der Waals surface area contributed by atoms with Gasteiger partial charge in [-0.2, -0.15) is 18.3 Å². The number of hydrogen-bond donors (Lipinski definition) is 2. The number of alkyl halides is 3. The molecule has 0 amide bonds. The zero-order valence-electron chi connectivity index (χ0n) is 14.5. The van der Waals surface area contributed by atoms with Crippen molar-refractivity contribution in [2.45, 2.75) is 39.4 Å². The van der Waals surface area contributed by atoms with E-state index in [9.17, 15) is 13.2 Å². The van der Waals surface area contributed by atoms with Crippen molar-refractivity contribution in [3.05, 3.63) is 46.8 Å². The van der Waals surface area contributed by atoms with Gasteiger partial charge in [0.2, 0.25) is 0 Å². The third-order valence-corrected chi connectivity index (χ3v) is 3.84. The van der Waals surface area contributed by atoms with E-state index < -0.39 is 11.9 Å². The summed E-state index contributed by atoms with van der Waals surface area (Å²) >= 11 is 0. The lowest BCUT2D eigenvalue weighted by Gasteiger charge is -2.14. The van der Waals surface area contributed by atoms with Crippen LogP contribution in [0.4, 0.5) is 18.9 Å². The number of anilines is 1. The lowest BCUT2D eigenvalue weighted by molar-refractivity contribution is -0.142. The van der Waals surface area contributed by atoms with Crippen molar-refractivity contribution in [2.75, 3.05) is 5.32 Å². The second kappa shape index (κ2) is 7.58. The summed E-state index contributed by atoms with van der Waals surface area (Å²) in [6.07, 6.45) is -1.59. The predicted octanol–water partition coefficient (Wildman–Crippen LogP) is 3.49. The topological polar surface area (TPSA) is 68.2 Å². The van der Waals surface area contributed by atoms with E-state index in [0.29, 0.717) is 0 Å². The number of benzene rings is 1. The molecule has 0 unspecified atom stereocenters. The average molecular weight is 353 g/mol. The fourth-order valence-electron chi connectivity index (χ4n) is 2.63. The standard InChI is InChI=1S/C17H22F3N5/c1-4-11-7-6-8-12(5-2)14(11)23-16(21)22-9-13-10-25(3)24-15(13)17(18,19)20/h6-8,10H,4-5,9H2,1-3H3,(H3,21,22,23). The number of guanidine groups is 1. The largest absolute Gasteiger partial charge is 0.435 e. The van der Waals surface area contributed by atoms with Crippen molar-refractivity contribution in [1.29, 1.82) is 0 Å². The summed E-state index contributed by atoms with van der Waals surface area (Å²) in [6, 6.07) is 5.94. The summed E-state index contributed by atoms with van der Waals surface area (Å²) in [4.78, 5) is 4.06. The number of rotatable bonds is 5. The number of hydrogen-bond acceptors (Lipinski definition) is 2. The summed E-state index contributed by atoms with van der Waals surface area (Å²) in [5, 5.41) is 6.50. The van der Waals surface area contributed by atoms with Crippen molar-refractivity contribution in [2.24, 2.45) is 17.8 Å². The van der Waals surface area contributed by atoms with Crippen LogP contribution in [0.25, 0.3) is 0 Å². The van der Waals surface area contributed by atoms with E-state index in [-0.39, 0.29) is 18.1 Å². The van der Waals surface area contributed by atoms with Crippen LogP contribution >= 0.6 is 0 Å². The third kappa shape index (κ3) is 4.52. The van der Waals surface area contributed by atoms with Crippen LogP contribution in [0.3, 0.4) is 0 Å².